The number of rotatable bonds is 3. The van der Waals surface area contributed by atoms with E-state index in [0.29, 0.717) is 6.54 Å². The molecule has 0 aliphatic rings. The van der Waals surface area contributed by atoms with Gasteiger partial charge in [0, 0.05) is 12.1 Å². The molecule has 6 nitrogen and oxygen atoms in total. The SMILES string of the molecule is Cc1c(O)n(CC(C)(C)N(C)C)c(=O)[nH]c1=O. The quantitative estimate of drug-likeness (QED) is 0.774. The molecule has 0 bridgehead atoms. The van der Waals surface area contributed by atoms with Crippen LogP contribution in [0, 0.1) is 6.92 Å². The van der Waals surface area contributed by atoms with E-state index in [-0.39, 0.29) is 17.0 Å². The highest BCUT2D eigenvalue weighted by atomic mass is 16.3. The molecule has 1 rings (SSSR count). The standard InChI is InChI=1S/C11H19N3O3/c1-7-8(15)12-10(17)14(9(7)16)6-11(2,3)13(4)5/h16H,6H2,1-5H3,(H,12,15,17). The van der Waals surface area contributed by atoms with Gasteiger partial charge in [-0.25, -0.2) is 4.79 Å². The van der Waals surface area contributed by atoms with Crippen molar-refractivity contribution >= 4 is 0 Å². The third-order valence-electron chi connectivity index (χ3n) is 3.15. The average Bonchev–Trinajstić information content (AvgIpc) is 2.21. The number of hydrogen-bond acceptors (Lipinski definition) is 4. The van der Waals surface area contributed by atoms with E-state index < -0.39 is 11.2 Å². The summed E-state index contributed by atoms with van der Waals surface area (Å²) in [5, 5.41) is 9.83. The summed E-state index contributed by atoms with van der Waals surface area (Å²) in [5.74, 6) is -0.270. The first-order valence-electron chi connectivity index (χ1n) is 5.37. The van der Waals surface area contributed by atoms with Crippen LogP contribution in [-0.2, 0) is 6.54 Å². The van der Waals surface area contributed by atoms with Crippen molar-refractivity contribution in [2.45, 2.75) is 32.9 Å². The molecule has 0 saturated carbocycles. The summed E-state index contributed by atoms with van der Waals surface area (Å²) in [6.07, 6.45) is 0. The molecule has 0 saturated heterocycles. The monoisotopic (exact) mass is 241 g/mol. The van der Waals surface area contributed by atoms with E-state index in [9.17, 15) is 14.7 Å². The minimum Gasteiger partial charge on any atom is -0.494 e. The fourth-order valence-electron chi connectivity index (χ4n) is 1.33. The maximum atomic E-state index is 11.6. The maximum absolute atomic E-state index is 11.6. The second kappa shape index (κ2) is 4.37. The Kier molecular flexibility index (Phi) is 3.47. The van der Waals surface area contributed by atoms with Crippen LogP contribution in [-0.4, -0.2) is 39.2 Å². The van der Waals surface area contributed by atoms with Crippen LogP contribution in [0.15, 0.2) is 9.59 Å². The van der Waals surface area contributed by atoms with Gasteiger partial charge in [-0.3, -0.25) is 14.3 Å². The summed E-state index contributed by atoms with van der Waals surface area (Å²) in [6.45, 7) is 5.66. The Hall–Kier alpha value is -1.56. The van der Waals surface area contributed by atoms with Gasteiger partial charge in [0.1, 0.15) is 0 Å². The van der Waals surface area contributed by atoms with Gasteiger partial charge in [0.15, 0.2) is 0 Å². The van der Waals surface area contributed by atoms with Crippen molar-refractivity contribution in [2.24, 2.45) is 0 Å². The molecule has 0 unspecified atom stereocenters. The van der Waals surface area contributed by atoms with Crippen molar-refractivity contribution < 1.29 is 5.11 Å². The van der Waals surface area contributed by atoms with Crippen molar-refractivity contribution in [3.05, 3.63) is 26.4 Å². The summed E-state index contributed by atoms with van der Waals surface area (Å²) in [7, 11) is 3.78. The van der Waals surface area contributed by atoms with Gasteiger partial charge in [0.25, 0.3) is 5.56 Å². The lowest BCUT2D eigenvalue weighted by molar-refractivity contribution is 0.161. The zero-order chi connectivity index (χ0) is 13.4. The molecule has 0 spiro atoms. The van der Waals surface area contributed by atoms with E-state index in [2.05, 4.69) is 4.98 Å². The van der Waals surface area contributed by atoms with Gasteiger partial charge in [-0.15, -0.1) is 0 Å². The van der Waals surface area contributed by atoms with Crippen molar-refractivity contribution in [3.8, 4) is 5.88 Å². The zero-order valence-corrected chi connectivity index (χ0v) is 10.9. The van der Waals surface area contributed by atoms with Gasteiger partial charge >= 0.3 is 5.69 Å². The molecule has 0 amide bonds. The van der Waals surface area contributed by atoms with E-state index in [1.54, 1.807) is 0 Å². The molecule has 2 N–H and O–H groups in total. The second-order valence-corrected chi connectivity index (χ2v) is 5.00. The first kappa shape index (κ1) is 13.5. The largest absolute Gasteiger partial charge is 0.494 e. The Morgan fingerprint density at radius 3 is 2.35 bits per heavy atom. The first-order chi connectivity index (χ1) is 7.66. The molecule has 0 fully saturated rings. The lowest BCUT2D eigenvalue weighted by Gasteiger charge is -2.33. The Labute approximate surface area is 99.5 Å². The Morgan fingerprint density at radius 2 is 1.88 bits per heavy atom. The minimum absolute atomic E-state index is 0.152. The number of H-pyrrole nitrogens is 1. The Morgan fingerprint density at radius 1 is 1.35 bits per heavy atom. The molecular weight excluding hydrogens is 222 g/mol. The second-order valence-electron chi connectivity index (χ2n) is 5.00. The van der Waals surface area contributed by atoms with Crippen LogP contribution < -0.4 is 11.2 Å². The van der Waals surface area contributed by atoms with Crippen LogP contribution >= 0.6 is 0 Å². The molecule has 0 radical (unpaired) electrons. The summed E-state index contributed by atoms with van der Waals surface area (Å²) in [5.41, 5.74) is -1.30. The smallest absolute Gasteiger partial charge is 0.331 e. The van der Waals surface area contributed by atoms with E-state index >= 15 is 0 Å². The van der Waals surface area contributed by atoms with Crippen molar-refractivity contribution in [1.29, 1.82) is 0 Å². The summed E-state index contributed by atoms with van der Waals surface area (Å²) < 4.78 is 1.18. The number of nitrogens with one attached hydrogen (secondary N) is 1. The Bertz CT molecular complexity index is 526. The maximum Gasteiger partial charge on any atom is 0.331 e. The number of nitrogens with zero attached hydrogens (tertiary/aromatic N) is 2. The van der Waals surface area contributed by atoms with Gasteiger partial charge in [-0.05, 0) is 34.9 Å². The number of aromatic amines is 1. The van der Waals surface area contributed by atoms with Crippen LogP contribution in [0.3, 0.4) is 0 Å². The molecule has 0 aliphatic carbocycles. The van der Waals surface area contributed by atoms with Crippen LogP contribution in [0.5, 0.6) is 5.88 Å². The molecule has 96 valence electrons. The molecule has 1 aromatic rings. The third-order valence-corrected chi connectivity index (χ3v) is 3.15. The highest BCUT2D eigenvalue weighted by molar-refractivity contribution is 5.20. The number of aromatic nitrogens is 2. The van der Waals surface area contributed by atoms with Crippen LogP contribution in [0.2, 0.25) is 0 Å². The first-order valence-corrected chi connectivity index (χ1v) is 5.37. The predicted octanol–water partition coefficient (Wildman–Crippen LogP) is -0.109. The lowest BCUT2D eigenvalue weighted by atomic mass is 10.0. The Balaban J connectivity index is 3.30. The number of hydrogen-bond donors (Lipinski definition) is 2. The molecule has 6 heteroatoms. The van der Waals surface area contributed by atoms with E-state index in [4.69, 9.17) is 0 Å². The molecule has 17 heavy (non-hydrogen) atoms. The molecule has 1 aromatic heterocycles. The summed E-state index contributed by atoms with van der Waals surface area (Å²) in [4.78, 5) is 27.0. The summed E-state index contributed by atoms with van der Waals surface area (Å²) in [6, 6.07) is 0. The zero-order valence-electron chi connectivity index (χ0n) is 10.9. The van der Waals surface area contributed by atoms with E-state index in [1.807, 2.05) is 32.8 Å². The minimum atomic E-state index is -0.590. The van der Waals surface area contributed by atoms with Crippen LogP contribution in [0.25, 0.3) is 0 Å². The average molecular weight is 241 g/mol. The van der Waals surface area contributed by atoms with Crippen LogP contribution in [0.1, 0.15) is 19.4 Å². The fraction of sp³-hybridized carbons (Fsp3) is 0.636. The highest BCUT2D eigenvalue weighted by Gasteiger charge is 2.24. The normalized spacial score (nSPS) is 12.1. The predicted molar refractivity (Wildman–Crippen MR) is 65.5 cm³/mol. The topological polar surface area (TPSA) is 78.3 Å². The van der Waals surface area contributed by atoms with Crippen molar-refractivity contribution in [2.75, 3.05) is 14.1 Å². The van der Waals surface area contributed by atoms with Gasteiger partial charge in [-0.2, -0.15) is 0 Å². The molecule has 1 heterocycles. The van der Waals surface area contributed by atoms with Crippen LogP contribution in [0.4, 0.5) is 0 Å². The molecule has 0 aromatic carbocycles. The fourth-order valence-corrected chi connectivity index (χ4v) is 1.33. The molecule has 0 aliphatic heterocycles. The van der Waals surface area contributed by atoms with E-state index in [0.717, 1.165) is 0 Å². The summed E-state index contributed by atoms with van der Waals surface area (Å²) >= 11 is 0. The van der Waals surface area contributed by atoms with Gasteiger partial charge in [-0.1, -0.05) is 0 Å². The lowest BCUT2D eigenvalue weighted by Crippen LogP contribution is -2.45. The van der Waals surface area contributed by atoms with E-state index in [1.165, 1.54) is 11.5 Å². The third kappa shape index (κ3) is 2.58. The molecule has 0 atom stereocenters. The van der Waals surface area contributed by atoms with Gasteiger partial charge < -0.3 is 10.0 Å². The van der Waals surface area contributed by atoms with Gasteiger partial charge in [0.05, 0.1) is 5.56 Å². The van der Waals surface area contributed by atoms with Crippen molar-refractivity contribution in [1.82, 2.24) is 14.5 Å². The number of likely N-dealkylation sites (N-methyl/N-ethyl adjacent to an activating group) is 1. The number of aromatic hydroxyl groups is 1. The molecular formula is C11H19N3O3. The van der Waals surface area contributed by atoms with Crippen molar-refractivity contribution in [3.63, 3.8) is 0 Å². The highest BCUT2D eigenvalue weighted by Crippen LogP contribution is 2.16. The van der Waals surface area contributed by atoms with Gasteiger partial charge in [0.2, 0.25) is 5.88 Å².